The first-order valence-corrected chi connectivity index (χ1v) is 12.5. The molecule has 1 heterocycles. The predicted molar refractivity (Wildman–Crippen MR) is 118 cm³/mol. The van der Waals surface area contributed by atoms with Gasteiger partial charge in [-0.05, 0) is 29.8 Å². The van der Waals surface area contributed by atoms with Gasteiger partial charge >= 0.3 is 0 Å². The Kier molecular flexibility index (Phi) is 7.71. The van der Waals surface area contributed by atoms with E-state index in [1.54, 1.807) is 11.8 Å². The zero-order valence-corrected chi connectivity index (χ0v) is 18.2. The fourth-order valence-electron chi connectivity index (χ4n) is 3.19. The lowest BCUT2D eigenvalue weighted by molar-refractivity contribution is 0.0956. The van der Waals surface area contributed by atoms with Gasteiger partial charge in [-0.15, -0.1) is 11.8 Å². The van der Waals surface area contributed by atoms with Crippen molar-refractivity contribution in [3.63, 3.8) is 0 Å². The first-order chi connectivity index (χ1) is 13.9. The van der Waals surface area contributed by atoms with Crippen LogP contribution in [0.2, 0.25) is 0 Å². The molecule has 8 heteroatoms. The molecule has 1 saturated heterocycles. The Morgan fingerprint density at radius 1 is 1.00 bits per heavy atom. The number of piperazine rings is 1. The van der Waals surface area contributed by atoms with Crippen LogP contribution in [0.4, 0.5) is 0 Å². The topological polar surface area (TPSA) is 69.7 Å². The number of nitrogens with zero attached hydrogens (tertiary/aromatic N) is 2. The summed E-state index contributed by atoms with van der Waals surface area (Å²) in [5.41, 5.74) is 1.77. The van der Waals surface area contributed by atoms with Gasteiger partial charge in [-0.1, -0.05) is 30.3 Å². The number of nitrogens with one attached hydrogen (secondary N) is 1. The lowest BCUT2D eigenvalue weighted by Gasteiger charge is -2.33. The third kappa shape index (κ3) is 6.85. The Morgan fingerprint density at radius 2 is 1.66 bits per heavy atom. The fourth-order valence-corrected chi connectivity index (χ4v) is 4.81. The van der Waals surface area contributed by atoms with Crippen molar-refractivity contribution < 1.29 is 13.2 Å². The molecule has 0 radical (unpaired) electrons. The Balaban J connectivity index is 1.41. The van der Waals surface area contributed by atoms with Crippen LogP contribution in [-0.2, 0) is 16.6 Å². The lowest BCUT2D eigenvalue weighted by atomic mass is 10.1. The van der Waals surface area contributed by atoms with E-state index in [4.69, 9.17) is 0 Å². The summed E-state index contributed by atoms with van der Waals surface area (Å²) in [6.45, 7) is 3.86. The van der Waals surface area contributed by atoms with E-state index in [1.165, 1.54) is 15.5 Å². The van der Waals surface area contributed by atoms with E-state index in [-0.39, 0.29) is 5.91 Å². The van der Waals surface area contributed by atoms with Gasteiger partial charge in [-0.2, -0.15) is 4.31 Å². The second kappa shape index (κ2) is 10.2. The third-order valence-electron chi connectivity index (χ3n) is 4.82. The van der Waals surface area contributed by atoms with Gasteiger partial charge in [-0.3, -0.25) is 9.69 Å². The van der Waals surface area contributed by atoms with Crippen LogP contribution in [0.15, 0.2) is 59.5 Å². The largest absolute Gasteiger partial charge is 0.351 e. The molecule has 0 aromatic heterocycles. The van der Waals surface area contributed by atoms with Gasteiger partial charge in [0.1, 0.15) is 0 Å². The van der Waals surface area contributed by atoms with Gasteiger partial charge in [-0.25, -0.2) is 8.42 Å². The fraction of sp³-hybridized carbons (Fsp3) is 0.381. The maximum absolute atomic E-state index is 12.3. The van der Waals surface area contributed by atoms with E-state index in [0.29, 0.717) is 38.3 Å². The Bertz CT molecular complexity index is 895. The molecule has 2 aromatic carbocycles. The van der Waals surface area contributed by atoms with Crippen molar-refractivity contribution in [1.82, 2.24) is 14.5 Å². The second-order valence-electron chi connectivity index (χ2n) is 7.05. The minimum Gasteiger partial charge on any atom is -0.351 e. The molecule has 0 atom stereocenters. The summed E-state index contributed by atoms with van der Waals surface area (Å²) in [5.74, 6) is 0.764. The monoisotopic (exact) mass is 433 g/mol. The summed E-state index contributed by atoms with van der Waals surface area (Å²) >= 11 is 1.72. The minimum absolute atomic E-state index is 0.0630. The van der Waals surface area contributed by atoms with E-state index in [0.717, 1.165) is 17.9 Å². The minimum atomic E-state index is -3.10. The highest BCUT2D eigenvalue weighted by atomic mass is 32.2. The van der Waals surface area contributed by atoms with Crippen molar-refractivity contribution in [2.45, 2.75) is 11.4 Å². The average molecular weight is 434 g/mol. The van der Waals surface area contributed by atoms with Gasteiger partial charge in [0, 0.05) is 55.5 Å². The molecule has 6 nitrogen and oxygen atoms in total. The van der Waals surface area contributed by atoms with Crippen molar-refractivity contribution >= 4 is 27.7 Å². The van der Waals surface area contributed by atoms with Crippen LogP contribution in [0.1, 0.15) is 15.9 Å². The van der Waals surface area contributed by atoms with Crippen molar-refractivity contribution in [3.8, 4) is 0 Å². The number of rotatable bonds is 8. The number of amides is 1. The number of hydrogen-bond donors (Lipinski definition) is 1. The molecule has 1 aliphatic heterocycles. The normalized spacial score (nSPS) is 15.9. The molecule has 0 saturated carbocycles. The summed E-state index contributed by atoms with van der Waals surface area (Å²) in [6, 6.07) is 17.8. The quantitative estimate of drug-likeness (QED) is 0.511. The molecule has 2 aromatic rings. The standard InChI is InChI=1S/C21H27N3O3S2/c1-29(26,27)24-14-12-23(13-15-24)17-18-7-9-19(10-8-18)21(25)22-11-16-28-20-5-3-2-4-6-20/h2-10H,11-17H2,1H3,(H,22,25). The first-order valence-electron chi connectivity index (χ1n) is 9.64. The number of benzene rings is 2. The Labute approximate surface area is 177 Å². The number of carbonyl (C=O) groups is 1. The van der Waals surface area contributed by atoms with Crippen molar-refractivity contribution in [2.24, 2.45) is 0 Å². The molecular formula is C21H27N3O3S2. The average Bonchev–Trinajstić information content (AvgIpc) is 2.72. The lowest BCUT2D eigenvalue weighted by Crippen LogP contribution is -2.47. The van der Waals surface area contributed by atoms with Gasteiger partial charge in [0.2, 0.25) is 10.0 Å². The van der Waals surface area contributed by atoms with Crippen LogP contribution in [0, 0.1) is 0 Å². The van der Waals surface area contributed by atoms with Gasteiger partial charge < -0.3 is 5.32 Å². The smallest absolute Gasteiger partial charge is 0.251 e. The van der Waals surface area contributed by atoms with E-state index < -0.39 is 10.0 Å². The Hall–Kier alpha value is -1.87. The van der Waals surface area contributed by atoms with Crippen LogP contribution >= 0.6 is 11.8 Å². The van der Waals surface area contributed by atoms with E-state index >= 15 is 0 Å². The van der Waals surface area contributed by atoms with Crippen LogP contribution in [0.3, 0.4) is 0 Å². The van der Waals surface area contributed by atoms with Crippen molar-refractivity contribution in [2.75, 3.05) is 44.7 Å². The summed E-state index contributed by atoms with van der Waals surface area (Å²) in [7, 11) is -3.10. The van der Waals surface area contributed by atoms with Gasteiger partial charge in [0.25, 0.3) is 5.91 Å². The summed E-state index contributed by atoms with van der Waals surface area (Å²) in [5, 5.41) is 2.96. The summed E-state index contributed by atoms with van der Waals surface area (Å²) < 4.78 is 24.7. The number of hydrogen-bond acceptors (Lipinski definition) is 5. The zero-order valence-electron chi connectivity index (χ0n) is 16.6. The maximum atomic E-state index is 12.3. The van der Waals surface area contributed by atoms with Crippen LogP contribution in [0.25, 0.3) is 0 Å². The van der Waals surface area contributed by atoms with E-state index in [9.17, 15) is 13.2 Å². The predicted octanol–water partition coefficient (Wildman–Crippen LogP) is 2.29. The molecule has 1 amide bonds. The number of sulfonamides is 1. The number of thioether (sulfide) groups is 1. The van der Waals surface area contributed by atoms with Gasteiger partial charge in [0.15, 0.2) is 0 Å². The summed E-state index contributed by atoms with van der Waals surface area (Å²) in [6.07, 6.45) is 1.26. The SMILES string of the molecule is CS(=O)(=O)N1CCN(Cc2ccc(C(=O)NCCSc3ccccc3)cc2)CC1. The van der Waals surface area contributed by atoms with Crippen LogP contribution < -0.4 is 5.32 Å². The molecule has 0 spiro atoms. The molecule has 0 unspecified atom stereocenters. The van der Waals surface area contributed by atoms with E-state index in [2.05, 4.69) is 22.3 Å². The van der Waals surface area contributed by atoms with E-state index in [1.807, 2.05) is 42.5 Å². The first kappa shape index (κ1) is 21.8. The molecule has 29 heavy (non-hydrogen) atoms. The molecule has 1 N–H and O–H groups in total. The molecule has 0 bridgehead atoms. The molecule has 1 aliphatic rings. The molecule has 3 rings (SSSR count). The zero-order chi connectivity index (χ0) is 20.7. The second-order valence-corrected chi connectivity index (χ2v) is 10.2. The Morgan fingerprint density at radius 3 is 2.28 bits per heavy atom. The van der Waals surface area contributed by atoms with Crippen LogP contribution in [-0.4, -0.2) is 68.3 Å². The van der Waals surface area contributed by atoms with Crippen molar-refractivity contribution in [3.05, 3.63) is 65.7 Å². The molecular weight excluding hydrogens is 406 g/mol. The molecule has 1 fully saturated rings. The third-order valence-corrected chi connectivity index (χ3v) is 7.14. The van der Waals surface area contributed by atoms with Crippen molar-refractivity contribution in [1.29, 1.82) is 0 Å². The number of carbonyl (C=O) groups excluding carboxylic acids is 1. The maximum Gasteiger partial charge on any atom is 0.251 e. The van der Waals surface area contributed by atoms with Gasteiger partial charge in [0.05, 0.1) is 6.26 Å². The summed E-state index contributed by atoms with van der Waals surface area (Å²) in [4.78, 5) is 15.7. The highest BCUT2D eigenvalue weighted by molar-refractivity contribution is 7.99. The highest BCUT2D eigenvalue weighted by Gasteiger charge is 2.23. The highest BCUT2D eigenvalue weighted by Crippen LogP contribution is 2.16. The molecule has 0 aliphatic carbocycles. The molecule has 156 valence electrons. The van der Waals surface area contributed by atoms with Crippen LogP contribution in [0.5, 0.6) is 0 Å².